The topological polar surface area (TPSA) is 66.4 Å². The van der Waals surface area contributed by atoms with Gasteiger partial charge in [0.15, 0.2) is 0 Å². The average molecular weight is 323 g/mol. The predicted molar refractivity (Wildman–Crippen MR) is 91.9 cm³/mol. The Balaban J connectivity index is 1.96. The molecule has 0 unspecified atom stereocenters. The lowest BCUT2D eigenvalue weighted by molar-refractivity contribution is -0.147. The molecule has 24 heavy (non-hydrogen) atoms. The van der Waals surface area contributed by atoms with Gasteiger partial charge in [-0.05, 0) is 30.5 Å². The molecule has 1 saturated carbocycles. The molecule has 1 aliphatic carbocycles. The van der Waals surface area contributed by atoms with E-state index < -0.39 is 11.5 Å². The van der Waals surface area contributed by atoms with Gasteiger partial charge >= 0.3 is 5.97 Å². The lowest BCUT2D eigenvalue weighted by Crippen LogP contribution is -2.59. The molecule has 2 N–H and O–H groups in total. The second kappa shape index (κ2) is 6.87. The van der Waals surface area contributed by atoms with Gasteiger partial charge in [-0.1, -0.05) is 61.4 Å². The van der Waals surface area contributed by atoms with E-state index in [4.69, 9.17) is 0 Å². The van der Waals surface area contributed by atoms with Crippen LogP contribution in [0.5, 0.6) is 0 Å². The first-order valence-corrected chi connectivity index (χ1v) is 8.29. The van der Waals surface area contributed by atoms with E-state index in [-0.39, 0.29) is 11.8 Å². The highest BCUT2D eigenvalue weighted by atomic mass is 16.4. The van der Waals surface area contributed by atoms with Crippen LogP contribution in [0.1, 0.15) is 47.5 Å². The number of benzene rings is 2. The predicted octanol–water partition coefficient (Wildman–Crippen LogP) is 3.60. The minimum Gasteiger partial charge on any atom is -0.479 e. The van der Waals surface area contributed by atoms with Crippen molar-refractivity contribution < 1.29 is 14.7 Å². The average Bonchev–Trinajstić information content (AvgIpc) is 2.63. The van der Waals surface area contributed by atoms with E-state index in [9.17, 15) is 14.7 Å². The molecule has 2 aromatic carbocycles. The standard InChI is InChI=1S/C20H21NO3/c22-18(16-11-5-2-6-12-16)21-20(19(23)24)14-8-7-13-17(20)15-9-3-1-4-10-15/h1-6,9-12,17H,7-8,13-14H2,(H,21,22)(H,23,24)/t17-,20-/m1/s1. The maximum absolute atomic E-state index is 12.6. The van der Waals surface area contributed by atoms with Crippen LogP contribution >= 0.6 is 0 Å². The lowest BCUT2D eigenvalue weighted by atomic mass is 9.69. The fourth-order valence-electron chi connectivity index (χ4n) is 3.63. The first kappa shape index (κ1) is 16.2. The normalized spacial score (nSPS) is 23.4. The number of carboxylic acids is 1. The van der Waals surface area contributed by atoms with Crippen LogP contribution in [0.3, 0.4) is 0 Å². The van der Waals surface area contributed by atoms with E-state index in [1.54, 1.807) is 24.3 Å². The number of hydrogen-bond donors (Lipinski definition) is 2. The third-order valence-corrected chi connectivity index (χ3v) is 4.86. The number of carbonyl (C=O) groups is 2. The summed E-state index contributed by atoms with van der Waals surface area (Å²) in [6.07, 6.45) is 2.96. The quantitative estimate of drug-likeness (QED) is 0.903. The molecule has 0 saturated heterocycles. The fraction of sp³-hybridized carbons (Fsp3) is 0.300. The van der Waals surface area contributed by atoms with Gasteiger partial charge in [-0.2, -0.15) is 0 Å². The van der Waals surface area contributed by atoms with E-state index in [2.05, 4.69) is 5.32 Å². The monoisotopic (exact) mass is 323 g/mol. The van der Waals surface area contributed by atoms with Crippen molar-refractivity contribution >= 4 is 11.9 Å². The fourth-order valence-corrected chi connectivity index (χ4v) is 3.63. The minimum absolute atomic E-state index is 0.224. The molecule has 1 amide bonds. The van der Waals surface area contributed by atoms with Crippen molar-refractivity contribution in [2.24, 2.45) is 0 Å². The van der Waals surface area contributed by atoms with Crippen molar-refractivity contribution in [1.82, 2.24) is 5.32 Å². The summed E-state index contributed by atoms with van der Waals surface area (Å²) in [6, 6.07) is 18.4. The number of carboxylic acid groups (broad SMARTS) is 1. The van der Waals surface area contributed by atoms with E-state index in [0.29, 0.717) is 12.0 Å². The van der Waals surface area contributed by atoms with E-state index in [0.717, 1.165) is 24.8 Å². The molecular weight excluding hydrogens is 302 g/mol. The zero-order valence-electron chi connectivity index (χ0n) is 13.4. The summed E-state index contributed by atoms with van der Waals surface area (Å²) in [6.45, 7) is 0. The number of hydrogen-bond acceptors (Lipinski definition) is 2. The maximum atomic E-state index is 12.6. The Kier molecular flexibility index (Phi) is 4.65. The Labute approximate surface area is 141 Å². The summed E-state index contributed by atoms with van der Waals surface area (Å²) in [7, 11) is 0. The Morgan fingerprint density at radius 1 is 0.958 bits per heavy atom. The Hall–Kier alpha value is -2.62. The Bertz CT molecular complexity index is 714. The summed E-state index contributed by atoms with van der Waals surface area (Å²) in [5, 5.41) is 12.9. The number of carbonyl (C=O) groups excluding carboxylic acids is 1. The Morgan fingerprint density at radius 3 is 2.21 bits per heavy atom. The van der Waals surface area contributed by atoms with E-state index in [1.807, 2.05) is 36.4 Å². The van der Waals surface area contributed by atoms with Gasteiger partial charge in [0.1, 0.15) is 5.54 Å². The van der Waals surface area contributed by atoms with Crippen LogP contribution in [0, 0.1) is 0 Å². The molecule has 4 heteroatoms. The van der Waals surface area contributed by atoms with Crippen LogP contribution in [0.15, 0.2) is 60.7 Å². The molecule has 0 radical (unpaired) electrons. The third-order valence-electron chi connectivity index (χ3n) is 4.86. The van der Waals surface area contributed by atoms with Gasteiger partial charge in [0, 0.05) is 11.5 Å². The van der Waals surface area contributed by atoms with Gasteiger partial charge in [0.05, 0.1) is 0 Å². The molecule has 0 aliphatic heterocycles. The van der Waals surface area contributed by atoms with Crippen LogP contribution in [0.4, 0.5) is 0 Å². The van der Waals surface area contributed by atoms with Crippen molar-refractivity contribution in [3.63, 3.8) is 0 Å². The second-order valence-corrected chi connectivity index (χ2v) is 6.31. The van der Waals surface area contributed by atoms with Crippen molar-refractivity contribution in [3.8, 4) is 0 Å². The molecule has 124 valence electrons. The van der Waals surface area contributed by atoms with Crippen LogP contribution in [0.25, 0.3) is 0 Å². The van der Waals surface area contributed by atoms with Crippen LogP contribution in [-0.4, -0.2) is 22.5 Å². The van der Waals surface area contributed by atoms with Crippen LogP contribution in [-0.2, 0) is 4.79 Å². The van der Waals surface area contributed by atoms with Crippen LogP contribution < -0.4 is 5.32 Å². The SMILES string of the molecule is O=C(N[C@]1(C(=O)O)CCCC[C@@H]1c1ccccc1)c1ccccc1. The first-order chi connectivity index (χ1) is 11.6. The van der Waals surface area contributed by atoms with Crippen molar-refractivity contribution in [3.05, 3.63) is 71.8 Å². The highest BCUT2D eigenvalue weighted by Crippen LogP contribution is 2.41. The molecule has 0 bridgehead atoms. The van der Waals surface area contributed by atoms with Crippen molar-refractivity contribution in [2.45, 2.75) is 37.1 Å². The summed E-state index contributed by atoms with van der Waals surface area (Å²) < 4.78 is 0. The van der Waals surface area contributed by atoms with Gasteiger partial charge in [0.2, 0.25) is 0 Å². The third kappa shape index (κ3) is 3.04. The zero-order valence-corrected chi connectivity index (χ0v) is 13.4. The number of aliphatic carboxylic acids is 1. The summed E-state index contributed by atoms with van der Waals surface area (Å²) >= 11 is 0. The second-order valence-electron chi connectivity index (χ2n) is 6.31. The molecule has 0 spiro atoms. The van der Waals surface area contributed by atoms with Gasteiger partial charge in [-0.15, -0.1) is 0 Å². The molecule has 2 atom stereocenters. The van der Waals surface area contributed by atoms with E-state index in [1.165, 1.54) is 0 Å². The number of nitrogens with one attached hydrogen (secondary N) is 1. The summed E-state index contributed by atoms with van der Waals surface area (Å²) in [5.41, 5.74) is 0.190. The Morgan fingerprint density at radius 2 is 1.58 bits per heavy atom. The highest BCUT2D eigenvalue weighted by Gasteiger charge is 2.49. The molecule has 2 aromatic rings. The van der Waals surface area contributed by atoms with Gasteiger partial charge in [-0.25, -0.2) is 4.79 Å². The highest BCUT2D eigenvalue weighted by molar-refractivity contribution is 5.98. The van der Waals surface area contributed by atoms with Crippen molar-refractivity contribution in [2.75, 3.05) is 0 Å². The molecule has 0 aromatic heterocycles. The van der Waals surface area contributed by atoms with Gasteiger partial charge in [0.25, 0.3) is 5.91 Å². The summed E-state index contributed by atoms with van der Waals surface area (Å²) in [5.74, 6) is -1.52. The molecule has 4 nitrogen and oxygen atoms in total. The number of rotatable bonds is 4. The summed E-state index contributed by atoms with van der Waals surface area (Å²) in [4.78, 5) is 24.8. The largest absolute Gasteiger partial charge is 0.479 e. The molecular formula is C20H21NO3. The molecule has 1 aliphatic rings. The molecule has 0 heterocycles. The van der Waals surface area contributed by atoms with E-state index >= 15 is 0 Å². The maximum Gasteiger partial charge on any atom is 0.330 e. The van der Waals surface area contributed by atoms with Crippen molar-refractivity contribution in [1.29, 1.82) is 0 Å². The van der Waals surface area contributed by atoms with Crippen LogP contribution in [0.2, 0.25) is 0 Å². The lowest BCUT2D eigenvalue weighted by Gasteiger charge is -2.41. The first-order valence-electron chi connectivity index (χ1n) is 8.29. The molecule has 1 fully saturated rings. The van der Waals surface area contributed by atoms with Gasteiger partial charge in [-0.3, -0.25) is 4.79 Å². The smallest absolute Gasteiger partial charge is 0.330 e. The minimum atomic E-state index is -1.26. The van der Waals surface area contributed by atoms with Gasteiger partial charge < -0.3 is 10.4 Å². The number of amides is 1. The zero-order chi connectivity index (χ0) is 17.0. The molecule has 3 rings (SSSR count).